The fraction of sp³-hybridized carbons (Fsp3) is 0.364. The monoisotopic (exact) mass is 365 g/mol. The molecule has 0 spiro atoms. The number of amides is 2. The molecular weight excluding hydrogens is 338 g/mol. The molecule has 2 amide bonds. The first-order chi connectivity index (χ1) is 12.9. The summed E-state index contributed by atoms with van der Waals surface area (Å²) in [6, 6.07) is 15.2. The van der Waals surface area contributed by atoms with Gasteiger partial charge in [-0.05, 0) is 50.1 Å². The van der Waals surface area contributed by atoms with Crippen LogP contribution in [0.3, 0.4) is 0 Å². The quantitative estimate of drug-likeness (QED) is 0.812. The van der Waals surface area contributed by atoms with Crippen molar-refractivity contribution in [3.63, 3.8) is 0 Å². The first kappa shape index (κ1) is 19.0. The fourth-order valence-electron chi connectivity index (χ4n) is 3.29. The lowest BCUT2D eigenvalue weighted by molar-refractivity contribution is 0.0685. The molecule has 0 bridgehead atoms. The molecule has 1 heterocycles. The van der Waals surface area contributed by atoms with Gasteiger partial charge >= 0.3 is 0 Å². The zero-order valence-electron chi connectivity index (χ0n) is 16.3. The van der Waals surface area contributed by atoms with Crippen molar-refractivity contribution in [2.75, 3.05) is 11.9 Å². The molecule has 2 N–H and O–H groups in total. The van der Waals surface area contributed by atoms with Crippen molar-refractivity contribution in [3.05, 3.63) is 65.2 Å². The first-order valence-electron chi connectivity index (χ1n) is 9.45. The molecule has 5 heteroatoms. The minimum atomic E-state index is -0.214. The maximum Gasteiger partial charge on any atom is 0.256 e. The van der Waals surface area contributed by atoms with E-state index in [4.69, 9.17) is 0 Å². The molecule has 1 aliphatic heterocycles. The van der Waals surface area contributed by atoms with Crippen molar-refractivity contribution in [1.29, 1.82) is 0 Å². The predicted molar refractivity (Wildman–Crippen MR) is 108 cm³/mol. The van der Waals surface area contributed by atoms with E-state index in [2.05, 4.69) is 24.5 Å². The topological polar surface area (TPSA) is 61.4 Å². The van der Waals surface area contributed by atoms with Crippen LogP contribution in [0.1, 0.15) is 60.1 Å². The number of carbonyl (C=O) groups excluding carboxylic acids is 2. The second kappa shape index (κ2) is 7.82. The number of nitrogens with one attached hydrogen (secondary N) is 2. The highest BCUT2D eigenvalue weighted by atomic mass is 16.2. The highest BCUT2D eigenvalue weighted by Crippen LogP contribution is 2.35. The third-order valence-electron chi connectivity index (χ3n) is 4.68. The summed E-state index contributed by atoms with van der Waals surface area (Å²) in [5.74, 6) is 0.389. The van der Waals surface area contributed by atoms with Gasteiger partial charge in [0.25, 0.3) is 11.8 Å². The largest absolute Gasteiger partial charge is 0.361 e. The minimum Gasteiger partial charge on any atom is -0.361 e. The van der Waals surface area contributed by atoms with Crippen molar-refractivity contribution in [1.82, 2.24) is 10.2 Å². The van der Waals surface area contributed by atoms with E-state index in [1.54, 1.807) is 12.1 Å². The lowest BCUT2D eigenvalue weighted by Crippen LogP contribution is -2.37. The first-order valence-corrected chi connectivity index (χ1v) is 9.45. The number of hydrogen-bond donors (Lipinski definition) is 2. The van der Waals surface area contributed by atoms with Crippen molar-refractivity contribution in [3.8, 4) is 0 Å². The highest BCUT2D eigenvalue weighted by molar-refractivity contribution is 5.99. The van der Waals surface area contributed by atoms with Gasteiger partial charge in [-0.1, -0.05) is 32.0 Å². The summed E-state index contributed by atoms with van der Waals surface area (Å²) in [7, 11) is 0. The molecule has 27 heavy (non-hydrogen) atoms. The van der Waals surface area contributed by atoms with Crippen LogP contribution in [0.2, 0.25) is 0 Å². The van der Waals surface area contributed by atoms with Crippen molar-refractivity contribution >= 4 is 17.5 Å². The molecule has 0 aliphatic carbocycles. The average Bonchev–Trinajstić information content (AvgIpc) is 2.93. The van der Waals surface area contributed by atoms with Crippen LogP contribution in [0.15, 0.2) is 48.5 Å². The Morgan fingerprint density at radius 1 is 1.04 bits per heavy atom. The molecule has 0 saturated carbocycles. The maximum atomic E-state index is 12.7. The van der Waals surface area contributed by atoms with E-state index in [-0.39, 0.29) is 24.0 Å². The van der Waals surface area contributed by atoms with Crippen molar-refractivity contribution in [2.45, 2.75) is 39.9 Å². The Morgan fingerprint density at radius 3 is 2.33 bits per heavy atom. The molecule has 2 aromatic carbocycles. The van der Waals surface area contributed by atoms with Gasteiger partial charge in [-0.25, -0.2) is 0 Å². The average molecular weight is 365 g/mol. The van der Waals surface area contributed by atoms with Crippen LogP contribution in [-0.2, 0) is 0 Å². The second-order valence-corrected chi connectivity index (χ2v) is 7.62. The van der Waals surface area contributed by atoms with Gasteiger partial charge in [0.1, 0.15) is 6.17 Å². The predicted octanol–water partition coefficient (Wildman–Crippen LogP) is 4.05. The Hall–Kier alpha value is -2.82. The van der Waals surface area contributed by atoms with Gasteiger partial charge in [0.15, 0.2) is 0 Å². The lowest BCUT2D eigenvalue weighted by Gasteiger charge is -2.30. The molecule has 0 unspecified atom stereocenters. The highest BCUT2D eigenvalue weighted by Gasteiger charge is 2.37. The van der Waals surface area contributed by atoms with E-state index < -0.39 is 0 Å². The summed E-state index contributed by atoms with van der Waals surface area (Å²) in [6.07, 6.45) is -0.214. The van der Waals surface area contributed by atoms with Gasteiger partial charge in [0, 0.05) is 35.0 Å². The molecule has 2 aromatic rings. The number of fused-ring (bicyclic) bond motifs is 1. The molecule has 5 nitrogen and oxygen atoms in total. The zero-order valence-corrected chi connectivity index (χ0v) is 16.3. The normalized spacial score (nSPS) is 16.0. The van der Waals surface area contributed by atoms with Crippen LogP contribution in [0, 0.1) is 5.92 Å². The van der Waals surface area contributed by atoms with Crippen LogP contribution >= 0.6 is 0 Å². The van der Waals surface area contributed by atoms with E-state index in [0.717, 1.165) is 16.8 Å². The lowest BCUT2D eigenvalue weighted by atomic mass is 10.1. The summed E-state index contributed by atoms with van der Waals surface area (Å²) in [6.45, 7) is 8.81. The third kappa shape index (κ3) is 3.97. The number of carbonyl (C=O) groups is 2. The smallest absolute Gasteiger partial charge is 0.256 e. The molecule has 0 fully saturated rings. The standard InChI is InChI=1S/C22H27N3O2/c1-14(2)13-23-21(26)16-9-11-17(12-10-16)24-20-18-7-5-6-8-19(18)22(27)25(20)15(3)4/h5-12,14-15,20,24H,13H2,1-4H3,(H,23,26)/t20-/m1/s1. The number of anilines is 1. The summed E-state index contributed by atoms with van der Waals surface area (Å²) in [5.41, 5.74) is 3.23. The third-order valence-corrected chi connectivity index (χ3v) is 4.68. The summed E-state index contributed by atoms with van der Waals surface area (Å²) < 4.78 is 0. The Morgan fingerprint density at radius 2 is 1.70 bits per heavy atom. The van der Waals surface area contributed by atoms with Crippen molar-refractivity contribution in [2.24, 2.45) is 5.92 Å². The molecular formula is C22H27N3O2. The molecule has 0 saturated heterocycles. The molecule has 0 aromatic heterocycles. The number of benzene rings is 2. The Kier molecular flexibility index (Phi) is 5.49. The summed E-state index contributed by atoms with van der Waals surface area (Å²) >= 11 is 0. The summed E-state index contributed by atoms with van der Waals surface area (Å²) in [4.78, 5) is 26.8. The fourth-order valence-corrected chi connectivity index (χ4v) is 3.29. The van der Waals surface area contributed by atoms with Gasteiger partial charge in [0.2, 0.25) is 0 Å². The van der Waals surface area contributed by atoms with E-state index >= 15 is 0 Å². The van der Waals surface area contributed by atoms with Gasteiger partial charge in [-0.2, -0.15) is 0 Å². The van der Waals surface area contributed by atoms with Crippen LogP contribution in [0.25, 0.3) is 0 Å². The zero-order chi connectivity index (χ0) is 19.6. The van der Waals surface area contributed by atoms with Gasteiger partial charge < -0.3 is 15.5 Å². The van der Waals surface area contributed by atoms with Crippen LogP contribution < -0.4 is 10.6 Å². The maximum absolute atomic E-state index is 12.7. The van der Waals surface area contributed by atoms with Gasteiger partial charge in [-0.3, -0.25) is 9.59 Å². The van der Waals surface area contributed by atoms with E-state index in [1.807, 2.05) is 55.1 Å². The number of hydrogen-bond acceptors (Lipinski definition) is 3. The van der Waals surface area contributed by atoms with Crippen LogP contribution in [0.4, 0.5) is 5.69 Å². The van der Waals surface area contributed by atoms with E-state index in [1.165, 1.54) is 0 Å². The Labute approximate surface area is 160 Å². The molecule has 1 atom stereocenters. The molecule has 3 rings (SSSR count). The van der Waals surface area contributed by atoms with E-state index in [0.29, 0.717) is 18.0 Å². The molecule has 1 aliphatic rings. The molecule has 142 valence electrons. The van der Waals surface area contributed by atoms with Crippen LogP contribution in [0.5, 0.6) is 0 Å². The SMILES string of the molecule is CC(C)CNC(=O)c1ccc(N[C@H]2c3ccccc3C(=O)N2C(C)C)cc1. The number of nitrogens with zero attached hydrogens (tertiary/aromatic N) is 1. The van der Waals surface area contributed by atoms with Crippen LogP contribution in [-0.4, -0.2) is 29.3 Å². The number of rotatable bonds is 6. The summed E-state index contributed by atoms with van der Waals surface area (Å²) in [5, 5.41) is 6.37. The Balaban J connectivity index is 1.78. The van der Waals surface area contributed by atoms with Gasteiger partial charge in [-0.15, -0.1) is 0 Å². The minimum absolute atomic E-state index is 0.0442. The van der Waals surface area contributed by atoms with E-state index in [9.17, 15) is 9.59 Å². The second-order valence-electron chi connectivity index (χ2n) is 7.62. The van der Waals surface area contributed by atoms with Gasteiger partial charge in [0.05, 0.1) is 0 Å². The molecule has 0 radical (unpaired) electrons. The Bertz CT molecular complexity index is 828. The van der Waals surface area contributed by atoms with Crippen molar-refractivity contribution < 1.29 is 9.59 Å².